The van der Waals surface area contributed by atoms with Crippen molar-refractivity contribution in [1.82, 2.24) is 14.5 Å². The monoisotopic (exact) mass is 327 g/mol. The van der Waals surface area contributed by atoms with Crippen molar-refractivity contribution < 1.29 is 8.81 Å². The predicted molar refractivity (Wildman–Crippen MR) is 87.9 cm³/mol. The Hall–Kier alpha value is -2.47. The van der Waals surface area contributed by atoms with Crippen LogP contribution in [0.3, 0.4) is 0 Å². The Bertz CT molecular complexity index is 929. The van der Waals surface area contributed by atoms with Crippen molar-refractivity contribution in [2.24, 2.45) is 7.05 Å². The van der Waals surface area contributed by atoms with E-state index < -0.39 is 0 Å². The molecule has 0 spiro atoms. The quantitative estimate of drug-likeness (QED) is 0.723. The fraction of sp³-hybridized carbons (Fsp3) is 0.333. The third-order valence-corrected chi connectivity index (χ3v) is 4.46. The molecule has 2 aromatic heterocycles. The fourth-order valence-corrected chi connectivity index (χ4v) is 3.02. The lowest BCUT2D eigenvalue weighted by molar-refractivity contribution is 0.221. The zero-order valence-corrected chi connectivity index (χ0v) is 13.4. The van der Waals surface area contributed by atoms with Crippen LogP contribution in [-0.4, -0.2) is 20.5 Å². The van der Waals surface area contributed by atoms with Crippen LogP contribution in [0, 0.1) is 5.82 Å². The topological polar surface area (TPSA) is 51.3 Å². The summed E-state index contributed by atoms with van der Waals surface area (Å²) in [6.07, 6.45) is 3.88. The van der Waals surface area contributed by atoms with Crippen LogP contribution in [0.1, 0.15) is 24.3 Å². The highest BCUT2D eigenvalue weighted by atomic mass is 19.1. The van der Waals surface area contributed by atoms with Crippen LogP contribution in [-0.2, 0) is 20.1 Å². The number of aryl methyl sites for hydroxylation is 1. The highest BCUT2D eigenvalue weighted by Crippen LogP contribution is 2.29. The van der Waals surface area contributed by atoms with Gasteiger partial charge < -0.3 is 8.98 Å². The van der Waals surface area contributed by atoms with Gasteiger partial charge in [0.2, 0.25) is 0 Å². The fourth-order valence-electron chi connectivity index (χ4n) is 3.02. The smallest absolute Gasteiger partial charge is 0.273 e. The minimum atomic E-state index is -0.353. The molecular weight excluding hydrogens is 309 g/mol. The molecule has 0 saturated heterocycles. The molecule has 0 radical (unpaired) electrons. The molecule has 1 saturated carbocycles. The maximum absolute atomic E-state index is 13.5. The molecular formula is C18H18FN3O2. The highest BCUT2D eigenvalue weighted by molar-refractivity contribution is 5.74. The molecule has 4 rings (SSSR count). The molecule has 0 bridgehead atoms. The van der Waals surface area contributed by atoms with Crippen molar-refractivity contribution in [3.8, 4) is 0 Å². The lowest BCUT2D eigenvalue weighted by Crippen LogP contribution is -2.31. The van der Waals surface area contributed by atoms with Crippen LogP contribution < -0.4 is 5.56 Å². The van der Waals surface area contributed by atoms with Crippen molar-refractivity contribution in [3.63, 3.8) is 0 Å². The molecule has 5 nitrogen and oxygen atoms in total. The van der Waals surface area contributed by atoms with Crippen LogP contribution in [0.5, 0.6) is 0 Å². The maximum atomic E-state index is 13.5. The SMILES string of the molecule is Cn1c(=O)c(CN(Cc2ccco2)C2CC2)nc2cc(F)ccc21. The summed E-state index contributed by atoms with van der Waals surface area (Å²) in [4.78, 5) is 19.2. The first-order chi connectivity index (χ1) is 11.6. The number of hydrogen-bond donors (Lipinski definition) is 0. The van der Waals surface area contributed by atoms with E-state index in [0.717, 1.165) is 18.6 Å². The van der Waals surface area contributed by atoms with Gasteiger partial charge in [-0.25, -0.2) is 9.37 Å². The number of benzene rings is 1. The van der Waals surface area contributed by atoms with Gasteiger partial charge in [-0.15, -0.1) is 0 Å². The second-order valence-electron chi connectivity index (χ2n) is 6.27. The van der Waals surface area contributed by atoms with E-state index in [9.17, 15) is 9.18 Å². The number of fused-ring (bicyclic) bond motifs is 1. The standard InChI is InChI=1S/C18H18FN3O2/c1-21-17-7-4-12(19)9-15(17)20-16(18(21)23)11-22(13-5-6-13)10-14-3-2-8-24-14/h2-4,7-9,13H,5-6,10-11H2,1H3. The number of furan rings is 1. The Morgan fingerprint density at radius 1 is 1.33 bits per heavy atom. The number of nitrogens with zero attached hydrogens (tertiary/aromatic N) is 3. The van der Waals surface area contributed by atoms with Gasteiger partial charge in [-0.3, -0.25) is 9.69 Å². The van der Waals surface area contributed by atoms with E-state index in [2.05, 4.69) is 9.88 Å². The van der Waals surface area contributed by atoms with Gasteiger partial charge in [0.15, 0.2) is 0 Å². The van der Waals surface area contributed by atoms with Gasteiger partial charge in [0.25, 0.3) is 5.56 Å². The van der Waals surface area contributed by atoms with Gasteiger partial charge in [-0.1, -0.05) is 0 Å². The maximum Gasteiger partial charge on any atom is 0.273 e. The van der Waals surface area contributed by atoms with Gasteiger partial charge in [0, 0.05) is 25.7 Å². The first-order valence-corrected chi connectivity index (χ1v) is 8.03. The van der Waals surface area contributed by atoms with E-state index in [1.54, 1.807) is 19.4 Å². The van der Waals surface area contributed by atoms with E-state index in [1.807, 2.05) is 12.1 Å². The molecule has 1 fully saturated rings. The molecule has 24 heavy (non-hydrogen) atoms. The summed E-state index contributed by atoms with van der Waals surface area (Å²) in [5.41, 5.74) is 1.43. The van der Waals surface area contributed by atoms with E-state index in [1.165, 1.54) is 16.7 Å². The minimum Gasteiger partial charge on any atom is -0.468 e. The first-order valence-electron chi connectivity index (χ1n) is 8.03. The summed E-state index contributed by atoms with van der Waals surface area (Å²) in [7, 11) is 1.70. The third-order valence-electron chi connectivity index (χ3n) is 4.46. The first kappa shape index (κ1) is 15.1. The number of aromatic nitrogens is 2. The minimum absolute atomic E-state index is 0.140. The van der Waals surface area contributed by atoms with E-state index in [-0.39, 0.29) is 11.4 Å². The molecule has 3 aromatic rings. The lowest BCUT2D eigenvalue weighted by atomic mass is 10.2. The molecule has 0 unspecified atom stereocenters. The van der Waals surface area contributed by atoms with Crippen LogP contribution >= 0.6 is 0 Å². The highest BCUT2D eigenvalue weighted by Gasteiger charge is 2.30. The van der Waals surface area contributed by atoms with E-state index in [4.69, 9.17) is 4.42 Å². The Kier molecular flexibility index (Phi) is 3.69. The molecule has 124 valence electrons. The van der Waals surface area contributed by atoms with Crippen LogP contribution in [0.25, 0.3) is 11.0 Å². The van der Waals surface area contributed by atoms with Gasteiger partial charge in [-0.2, -0.15) is 0 Å². The number of hydrogen-bond acceptors (Lipinski definition) is 4. The average molecular weight is 327 g/mol. The van der Waals surface area contributed by atoms with Crippen molar-refractivity contribution in [2.75, 3.05) is 0 Å². The Balaban J connectivity index is 1.69. The number of rotatable bonds is 5. The average Bonchev–Trinajstić information content (AvgIpc) is 3.29. The lowest BCUT2D eigenvalue weighted by Gasteiger charge is -2.20. The molecule has 1 aliphatic carbocycles. The summed E-state index contributed by atoms with van der Waals surface area (Å²) in [6.45, 7) is 1.08. The van der Waals surface area contributed by atoms with E-state index in [0.29, 0.717) is 35.9 Å². The molecule has 0 N–H and O–H groups in total. The summed E-state index contributed by atoms with van der Waals surface area (Å²) in [6, 6.07) is 8.53. The normalized spacial score (nSPS) is 14.6. The van der Waals surface area contributed by atoms with Crippen LogP contribution in [0.2, 0.25) is 0 Å². The molecule has 1 aliphatic rings. The van der Waals surface area contributed by atoms with Crippen molar-refractivity contribution in [2.45, 2.75) is 32.0 Å². The zero-order chi connectivity index (χ0) is 16.7. The third kappa shape index (κ3) is 2.85. The Morgan fingerprint density at radius 3 is 2.88 bits per heavy atom. The van der Waals surface area contributed by atoms with E-state index >= 15 is 0 Å². The Morgan fingerprint density at radius 2 is 2.17 bits per heavy atom. The predicted octanol–water partition coefficient (Wildman–Crippen LogP) is 2.83. The second kappa shape index (κ2) is 5.87. The Labute approximate surface area is 138 Å². The van der Waals surface area contributed by atoms with Crippen LogP contribution in [0.15, 0.2) is 45.8 Å². The van der Waals surface area contributed by atoms with Gasteiger partial charge in [0.1, 0.15) is 17.3 Å². The van der Waals surface area contributed by atoms with Gasteiger partial charge in [0.05, 0.1) is 23.8 Å². The number of halogens is 1. The second-order valence-corrected chi connectivity index (χ2v) is 6.27. The van der Waals surface area contributed by atoms with Gasteiger partial charge in [-0.05, 0) is 37.1 Å². The molecule has 0 atom stereocenters. The zero-order valence-electron chi connectivity index (χ0n) is 13.4. The molecule has 0 amide bonds. The summed E-state index contributed by atoms with van der Waals surface area (Å²) < 4.78 is 20.5. The molecule has 0 aliphatic heterocycles. The van der Waals surface area contributed by atoms with Gasteiger partial charge >= 0.3 is 0 Å². The molecule has 2 heterocycles. The molecule has 6 heteroatoms. The summed E-state index contributed by atoms with van der Waals surface area (Å²) in [5, 5.41) is 0. The van der Waals surface area contributed by atoms with Crippen molar-refractivity contribution >= 4 is 11.0 Å². The van der Waals surface area contributed by atoms with Crippen molar-refractivity contribution in [1.29, 1.82) is 0 Å². The van der Waals surface area contributed by atoms with Crippen LogP contribution in [0.4, 0.5) is 4.39 Å². The molecule has 1 aromatic carbocycles. The summed E-state index contributed by atoms with van der Waals surface area (Å²) in [5.74, 6) is 0.514. The summed E-state index contributed by atoms with van der Waals surface area (Å²) >= 11 is 0. The van der Waals surface area contributed by atoms with Crippen molar-refractivity contribution in [3.05, 3.63) is 64.2 Å². The largest absolute Gasteiger partial charge is 0.468 e.